The lowest BCUT2D eigenvalue weighted by molar-refractivity contribution is 0.392. The Morgan fingerprint density at radius 3 is 2.50 bits per heavy atom. The fraction of sp³-hybridized carbons (Fsp3) is 0.733. The Morgan fingerprint density at radius 2 is 1.89 bits per heavy atom. The Bertz CT molecular complexity index is 379. The monoisotopic (exact) mass is 312 g/mol. The highest BCUT2D eigenvalue weighted by Gasteiger charge is 2.27. The first kappa shape index (κ1) is 15.6. The van der Waals surface area contributed by atoms with Gasteiger partial charge < -0.3 is 0 Å². The van der Waals surface area contributed by atoms with Gasteiger partial charge in [-0.15, -0.1) is 5.10 Å². The van der Waals surface area contributed by atoms with E-state index in [2.05, 4.69) is 53.0 Å². The molecule has 0 aliphatic heterocycles. The molecule has 0 amide bonds. The number of aromatic nitrogens is 2. The molecular formula is C15H25BrN2. The smallest absolute Gasteiger partial charge is 0.132 e. The van der Waals surface area contributed by atoms with E-state index in [4.69, 9.17) is 0 Å². The number of hydrogen-bond donors (Lipinski definition) is 0. The molecule has 0 spiro atoms. The van der Waals surface area contributed by atoms with Crippen LogP contribution < -0.4 is 0 Å². The predicted molar refractivity (Wildman–Crippen MR) is 80.9 cm³/mol. The lowest BCUT2D eigenvalue weighted by atomic mass is 9.76. The molecule has 1 aromatic rings. The van der Waals surface area contributed by atoms with Gasteiger partial charge >= 0.3 is 0 Å². The van der Waals surface area contributed by atoms with E-state index in [1.807, 2.05) is 6.92 Å². The van der Waals surface area contributed by atoms with Crippen molar-refractivity contribution in [2.24, 2.45) is 0 Å². The van der Waals surface area contributed by atoms with Gasteiger partial charge in [0.2, 0.25) is 0 Å². The maximum absolute atomic E-state index is 4.20. The number of halogens is 1. The number of unbranched alkanes of at least 4 members (excludes halogenated alkanes) is 3. The van der Waals surface area contributed by atoms with Gasteiger partial charge in [0.25, 0.3) is 0 Å². The maximum Gasteiger partial charge on any atom is 0.132 e. The molecule has 0 aliphatic rings. The standard InChI is InChI=1S/C15H25BrN2/c1-5-7-8-9-10-15(4,6-2)13-11-12(3)17-18-14(13)16/h11H,5-10H2,1-4H3. The number of rotatable bonds is 7. The largest absolute Gasteiger partial charge is 0.155 e. The van der Waals surface area contributed by atoms with Crippen molar-refractivity contribution < 1.29 is 0 Å². The quantitative estimate of drug-likeness (QED) is 0.648. The van der Waals surface area contributed by atoms with Gasteiger partial charge in [-0.1, -0.05) is 46.5 Å². The average molecular weight is 313 g/mol. The second kappa shape index (κ2) is 7.22. The average Bonchev–Trinajstić information content (AvgIpc) is 2.37. The third-order valence-corrected chi connectivity index (χ3v) is 4.47. The van der Waals surface area contributed by atoms with E-state index in [-0.39, 0.29) is 5.41 Å². The van der Waals surface area contributed by atoms with Crippen LogP contribution in [-0.4, -0.2) is 10.2 Å². The van der Waals surface area contributed by atoms with E-state index in [0.29, 0.717) is 0 Å². The summed E-state index contributed by atoms with van der Waals surface area (Å²) in [5.41, 5.74) is 2.53. The molecule has 18 heavy (non-hydrogen) atoms. The normalized spacial score (nSPS) is 14.5. The van der Waals surface area contributed by atoms with Gasteiger partial charge in [-0.05, 0) is 52.7 Å². The maximum atomic E-state index is 4.20. The van der Waals surface area contributed by atoms with Crippen LogP contribution in [-0.2, 0) is 5.41 Å². The summed E-state index contributed by atoms with van der Waals surface area (Å²) in [6.07, 6.45) is 7.64. The van der Waals surface area contributed by atoms with Crippen molar-refractivity contribution in [1.82, 2.24) is 10.2 Å². The van der Waals surface area contributed by atoms with Crippen molar-refractivity contribution in [1.29, 1.82) is 0 Å². The first-order valence-electron chi connectivity index (χ1n) is 7.03. The number of nitrogens with zero attached hydrogens (tertiary/aromatic N) is 2. The zero-order valence-corrected chi connectivity index (χ0v) is 13.7. The van der Waals surface area contributed by atoms with Crippen LogP contribution in [0.15, 0.2) is 10.7 Å². The van der Waals surface area contributed by atoms with Gasteiger partial charge in [0.05, 0.1) is 5.69 Å². The molecule has 3 heteroatoms. The molecule has 1 heterocycles. The lowest BCUT2D eigenvalue weighted by Gasteiger charge is -2.29. The minimum atomic E-state index is 0.216. The predicted octanol–water partition coefficient (Wildman–Crippen LogP) is 5.19. The summed E-state index contributed by atoms with van der Waals surface area (Å²) in [7, 11) is 0. The van der Waals surface area contributed by atoms with Crippen LogP contribution >= 0.6 is 15.9 Å². The molecule has 0 fully saturated rings. The van der Waals surface area contributed by atoms with Crippen molar-refractivity contribution in [3.63, 3.8) is 0 Å². The fourth-order valence-electron chi connectivity index (χ4n) is 2.34. The van der Waals surface area contributed by atoms with Gasteiger partial charge in [0.15, 0.2) is 0 Å². The van der Waals surface area contributed by atoms with E-state index in [1.54, 1.807) is 0 Å². The minimum Gasteiger partial charge on any atom is -0.155 e. The second-order valence-electron chi connectivity index (χ2n) is 5.42. The molecule has 0 aromatic carbocycles. The third kappa shape index (κ3) is 4.04. The molecule has 1 atom stereocenters. The first-order chi connectivity index (χ1) is 8.53. The highest BCUT2D eigenvalue weighted by atomic mass is 79.9. The van der Waals surface area contributed by atoms with Gasteiger partial charge in [0, 0.05) is 0 Å². The van der Waals surface area contributed by atoms with Gasteiger partial charge in [0.1, 0.15) is 4.60 Å². The molecule has 2 nitrogen and oxygen atoms in total. The summed E-state index contributed by atoms with van der Waals surface area (Å²) in [6, 6.07) is 2.18. The van der Waals surface area contributed by atoms with Crippen molar-refractivity contribution in [3.8, 4) is 0 Å². The Kier molecular flexibility index (Phi) is 6.27. The molecule has 0 bridgehead atoms. The lowest BCUT2D eigenvalue weighted by Crippen LogP contribution is -2.22. The van der Waals surface area contributed by atoms with Crippen LogP contribution in [0.3, 0.4) is 0 Å². The summed E-state index contributed by atoms with van der Waals surface area (Å²) in [5, 5.41) is 8.30. The van der Waals surface area contributed by atoms with Crippen molar-refractivity contribution >= 4 is 15.9 Å². The molecule has 0 saturated heterocycles. The topological polar surface area (TPSA) is 25.8 Å². The Hall–Kier alpha value is -0.440. The zero-order chi connectivity index (χ0) is 13.6. The van der Waals surface area contributed by atoms with Crippen molar-refractivity contribution in [2.75, 3.05) is 0 Å². The first-order valence-corrected chi connectivity index (χ1v) is 7.83. The van der Waals surface area contributed by atoms with Crippen molar-refractivity contribution in [3.05, 3.63) is 21.9 Å². The van der Waals surface area contributed by atoms with Crippen LogP contribution in [0, 0.1) is 6.92 Å². The SMILES string of the molecule is CCCCCCC(C)(CC)c1cc(C)nnc1Br. The molecule has 0 radical (unpaired) electrons. The van der Waals surface area contributed by atoms with Crippen LogP contribution in [0.25, 0.3) is 0 Å². The Morgan fingerprint density at radius 1 is 1.17 bits per heavy atom. The van der Waals surface area contributed by atoms with Crippen LogP contribution in [0.2, 0.25) is 0 Å². The Balaban J connectivity index is 2.82. The highest BCUT2D eigenvalue weighted by molar-refractivity contribution is 9.10. The molecule has 0 aliphatic carbocycles. The third-order valence-electron chi connectivity index (χ3n) is 3.88. The molecule has 0 saturated carbocycles. The molecule has 1 unspecified atom stereocenters. The van der Waals surface area contributed by atoms with Crippen LogP contribution in [0.5, 0.6) is 0 Å². The zero-order valence-electron chi connectivity index (χ0n) is 12.1. The van der Waals surface area contributed by atoms with Crippen LogP contribution in [0.4, 0.5) is 0 Å². The minimum absolute atomic E-state index is 0.216. The second-order valence-corrected chi connectivity index (χ2v) is 6.17. The molecular weight excluding hydrogens is 288 g/mol. The van der Waals surface area contributed by atoms with E-state index >= 15 is 0 Å². The summed E-state index contributed by atoms with van der Waals surface area (Å²) in [5.74, 6) is 0. The van der Waals surface area contributed by atoms with Crippen molar-refractivity contribution in [2.45, 2.75) is 71.6 Å². The summed E-state index contributed by atoms with van der Waals surface area (Å²) < 4.78 is 0.910. The summed E-state index contributed by atoms with van der Waals surface area (Å²) >= 11 is 3.56. The molecule has 1 rings (SSSR count). The van der Waals surface area contributed by atoms with Gasteiger partial charge in [-0.3, -0.25) is 0 Å². The molecule has 0 N–H and O–H groups in total. The number of hydrogen-bond acceptors (Lipinski definition) is 2. The summed E-state index contributed by atoms with van der Waals surface area (Å²) in [4.78, 5) is 0. The van der Waals surface area contributed by atoms with Crippen LogP contribution in [0.1, 0.15) is 70.6 Å². The highest BCUT2D eigenvalue weighted by Crippen LogP contribution is 2.36. The van der Waals surface area contributed by atoms with E-state index in [0.717, 1.165) is 16.7 Å². The van der Waals surface area contributed by atoms with E-state index in [9.17, 15) is 0 Å². The Labute approximate surface area is 120 Å². The molecule has 102 valence electrons. The fourth-order valence-corrected chi connectivity index (χ4v) is 3.01. The van der Waals surface area contributed by atoms with Gasteiger partial charge in [-0.2, -0.15) is 5.10 Å². The van der Waals surface area contributed by atoms with E-state index < -0.39 is 0 Å². The summed E-state index contributed by atoms with van der Waals surface area (Å²) in [6.45, 7) is 8.88. The van der Waals surface area contributed by atoms with E-state index in [1.165, 1.54) is 37.7 Å². The number of aryl methyl sites for hydroxylation is 1. The van der Waals surface area contributed by atoms with Gasteiger partial charge in [-0.25, -0.2) is 0 Å². The molecule has 1 aromatic heterocycles.